The van der Waals surface area contributed by atoms with E-state index in [1.807, 2.05) is 12.1 Å². The first-order valence-electron chi connectivity index (χ1n) is 11.0. The SMILES string of the molecule is O=C(COC(=O)c1ccc2c(c1)C(=O)N(CC1CCCO1)C2=O)c1ccc2c(c1)CCC2. The van der Waals surface area contributed by atoms with Gasteiger partial charge in [0.25, 0.3) is 11.8 Å². The van der Waals surface area contributed by atoms with Crippen molar-refractivity contribution >= 4 is 23.6 Å². The zero-order valence-corrected chi connectivity index (χ0v) is 17.6. The lowest BCUT2D eigenvalue weighted by molar-refractivity contribution is 0.0473. The zero-order chi connectivity index (χ0) is 22.2. The quantitative estimate of drug-likeness (QED) is 0.395. The number of ketones is 1. The first kappa shape index (κ1) is 20.6. The van der Waals surface area contributed by atoms with E-state index in [0.717, 1.165) is 32.1 Å². The van der Waals surface area contributed by atoms with E-state index in [9.17, 15) is 19.2 Å². The Morgan fingerprint density at radius 2 is 1.72 bits per heavy atom. The van der Waals surface area contributed by atoms with Crippen molar-refractivity contribution in [3.05, 3.63) is 69.8 Å². The number of carbonyl (C=O) groups is 4. The Kier molecular flexibility index (Phi) is 5.35. The molecule has 1 aliphatic carbocycles. The van der Waals surface area contributed by atoms with Crippen LogP contribution in [-0.2, 0) is 22.3 Å². The van der Waals surface area contributed by atoms with Gasteiger partial charge < -0.3 is 9.47 Å². The summed E-state index contributed by atoms with van der Waals surface area (Å²) in [5.41, 5.74) is 3.54. The molecule has 3 aliphatic rings. The molecule has 2 heterocycles. The van der Waals surface area contributed by atoms with E-state index in [4.69, 9.17) is 9.47 Å². The summed E-state index contributed by atoms with van der Waals surface area (Å²) in [6.45, 7) is 0.460. The Bertz CT molecular complexity index is 1130. The molecule has 7 heteroatoms. The monoisotopic (exact) mass is 433 g/mol. The van der Waals surface area contributed by atoms with Gasteiger partial charge in [-0.2, -0.15) is 0 Å². The van der Waals surface area contributed by atoms with E-state index in [1.165, 1.54) is 34.2 Å². The maximum atomic E-state index is 12.8. The van der Waals surface area contributed by atoms with Crippen LogP contribution < -0.4 is 0 Å². The molecule has 1 atom stereocenters. The largest absolute Gasteiger partial charge is 0.454 e. The molecule has 32 heavy (non-hydrogen) atoms. The average Bonchev–Trinajstić information content (AvgIpc) is 3.54. The molecule has 5 rings (SSSR count). The third-order valence-electron chi connectivity index (χ3n) is 6.37. The molecule has 0 spiro atoms. The number of carbonyl (C=O) groups excluding carboxylic acids is 4. The maximum Gasteiger partial charge on any atom is 0.338 e. The molecule has 2 amide bonds. The third kappa shape index (κ3) is 3.73. The molecule has 0 aromatic heterocycles. The van der Waals surface area contributed by atoms with Crippen LogP contribution in [0.15, 0.2) is 36.4 Å². The van der Waals surface area contributed by atoms with Crippen LogP contribution in [0, 0.1) is 0 Å². The molecular weight excluding hydrogens is 410 g/mol. The molecule has 7 nitrogen and oxygen atoms in total. The Balaban J connectivity index is 1.25. The topological polar surface area (TPSA) is 90.0 Å². The standard InChI is InChI=1S/C25H23NO6/c27-22(17-7-6-15-3-1-4-16(15)11-17)14-32-25(30)18-8-9-20-21(12-18)24(29)26(23(20)28)13-19-5-2-10-31-19/h6-9,11-12,19H,1-5,10,13-14H2. The number of Topliss-reactive ketones (excluding diaryl/α,β-unsaturated/α-hetero) is 1. The summed E-state index contributed by atoms with van der Waals surface area (Å²) < 4.78 is 10.7. The summed E-state index contributed by atoms with van der Waals surface area (Å²) in [6.07, 6.45) is 4.65. The smallest absolute Gasteiger partial charge is 0.338 e. The van der Waals surface area contributed by atoms with E-state index in [0.29, 0.717) is 12.2 Å². The van der Waals surface area contributed by atoms with Gasteiger partial charge in [-0.15, -0.1) is 0 Å². The molecule has 0 saturated carbocycles. The van der Waals surface area contributed by atoms with Gasteiger partial charge in [-0.25, -0.2) is 4.79 Å². The van der Waals surface area contributed by atoms with Crippen molar-refractivity contribution in [1.29, 1.82) is 0 Å². The number of fused-ring (bicyclic) bond motifs is 2. The van der Waals surface area contributed by atoms with Gasteiger partial charge in [0, 0.05) is 12.2 Å². The van der Waals surface area contributed by atoms with Crippen LogP contribution in [0.25, 0.3) is 0 Å². The van der Waals surface area contributed by atoms with Crippen molar-refractivity contribution in [2.45, 2.75) is 38.2 Å². The highest BCUT2D eigenvalue weighted by Gasteiger charge is 2.38. The molecule has 0 radical (unpaired) electrons. The van der Waals surface area contributed by atoms with E-state index in [2.05, 4.69) is 0 Å². The second-order valence-electron chi connectivity index (χ2n) is 8.45. The first-order valence-corrected chi connectivity index (χ1v) is 11.0. The fraction of sp³-hybridized carbons (Fsp3) is 0.360. The van der Waals surface area contributed by atoms with Crippen LogP contribution in [0.5, 0.6) is 0 Å². The molecular formula is C25H23NO6. The molecule has 2 aromatic rings. The number of hydrogen-bond acceptors (Lipinski definition) is 6. The zero-order valence-electron chi connectivity index (χ0n) is 17.6. The molecule has 2 aliphatic heterocycles. The number of aryl methyl sites for hydroxylation is 2. The number of hydrogen-bond donors (Lipinski definition) is 0. The minimum Gasteiger partial charge on any atom is -0.454 e. The Morgan fingerprint density at radius 3 is 2.53 bits per heavy atom. The summed E-state index contributed by atoms with van der Waals surface area (Å²) in [6, 6.07) is 9.88. The number of nitrogens with zero attached hydrogens (tertiary/aromatic N) is 1. The molecule has 0 bridgehead atoms. The predicted molar refractivity (Wildman–Crippen MR) is 114 cm³/mol. The van der Waals surface area contributed by atoms with Gasteiger partial charge in [-0.3, -0.25) is 19.3 Å². The van der Waals surface area contributed by atoms with Gasteiger partial charge >= 0.3 is 5.97 Å². The first-order chi connectivity index (χ1) is 15.5. The van der Waals surface area contributed by atoms with Crippen molar-refractivity contribution < 1.29 is 28.7 Å². The fourth-order valence-electron chi connectivity index (χ4n) is 4.62. The molecule has 2 aromatic carbocycles. The summed E-state index contributed by atoms with van der Waals surface area (Å²) in [5, 5.41) is 0. The molecule has 0 N–H and O–H groups in total. The van der Waals surface area contributed by atoms with Crippen LogP contribution in [0.3, 0.4) is 0 Å². The lowest BCUT2D eigenvalue weighted by atomic mass is 10.0. The van der Waals surface area contributed by atoms with E-state index in [1.54, 1.807) is 6.07 Å². The number of amides is 2. The molecule has 1 unspecified atom stereocenters. The van der Waals surface area contributed by atoms with Crippen molar-refractivity contribution in [1.82, 2.24) is 4.90 Å². The summed E-state index contributed by atoms with van der Waals surface area (Å²) in [7, 11) is 0. The average molecular weight is 433 g/mol. The van der Waals surface area contributed by atoms with Gasteiger partial charge in [-0.1, -0.05) is 12.1 Å². The highest BCUT2D eigenvalue weighted by atomic mass is 16.5. The fourth-order valence-corrected chi connectivity index (χ4v) is 4.62. The number of ether oxygens (including phenoxy) is 2. The highest BCUT2D eigenvalue weighted by Crippen LogP contribution is 2.27. The molecule has 1 saturated heterocycles. The Morgan fingerprint density at radius 1 is 0.938 bits per heavy atom. The second-order valence-corrected chi connectivity index (χ2v) is 8.45. The highest BCUT2D eigenvalue weighted by molar-refractivity contribution is 6.22. The number of imide groups is 1. The lowest BCUT2D eigenvalue weighted by Gasteiger charge is -2.17. The van der Waals surface area contributed by atoms with E-state index >= 15 is 0 Å². The predicted octanol–water partition coefficient (Wildman–Crippen LogP) is 2.99. The van der Waals surface area contributed by atoms with E-state index in [-0.39, 0.29) is 47.6 Å². The van der Waals surface area contributed by atoms with Gasteiger partial charge in [0.15, 0.2) is 12.4 Å². The number of rotatable bonds is 6. The van der Waals surface area contributed by atoms with Crippen LogP contribution in [0.2, 0.25) is 0 Å². The Hall–Kier alpha value is -3.32. The second kappa shape index (κ2) is 8.31. The normalized spacial score (nSPS) is 19.2. The van der Waals surface area contributed by atoms with Crippen molar-refractivity contribution in [2.24, 2.45) is 0 Å². The summed E-state index contributed by atoms with van der Waals surface area (Å²) in [4.78, 5) is 51.5. The van der Waals surface area contributed by atoms with Gasteiger partial charge in [0.05, 0.1) is 29.3 Å². The van der Waals surface area contributed by atoms with Crippen LogP contribution in [-0.4, -0.2) is 54.3 Å². The van der Waals surface area contributed by atoms with Gasteiger partial charge in [-0.05, 0) is 67.5 Å². The van der Waals surface area contributed by atoms with Crippen molar-refractivity contribution in [3.8, 4) is 0 Å². The van der Waals surface area contributed by atoms with Crippen LogP contribution in [0.4, 0.5) is 0 Å². The van der Waals surface area contributed by atoms with Crippen LogP contribution >= 0.6 is 0 Å². The maximum absolute atomic E-state index is 12.8. The number of benzene rings is 2. The van der Waals surface area contributed by atoms with Crippen LogP contribution in [0.1, 0.15) is 71.8 Å². The summed E-state index contributed by atoms with van der Waals surface area (Å²) in [5.74, 6) is -1.81. The third-order valence-corrected chi connectivity index (χ3v) is 6.37. The molecule has 164 valence electrons. The molecule has 1 fully saturated rings. The summed E-state index contributed by atoms with van der Waals surface area (Å²) >= 11 is 0. The van der Waals surface area contributed by atoms with E-state index < -0.39 is 11.9 Å². The lowest BCUT2D eigenvalue weighted by Crippen LogP contribution is -2.36. The minimum absolute atomic E-state index is 0.130. The minimum atomic E-state index is -0.708. The Labute approximate surface area is 185 Å². The van der Waals surface area contributed by atoms with Gasteiger partial charge in [0.1, 0.15) is 0 Å². The number of esters is 1. The van der Waals surface area contributed by atoms with Crippen molar-refractivity contribution in [2.75, 3.05) is 19.8 Å². The van der Waals surface area contributed by atoms with Crippen molar-refractivity contribution in [3.63, 3.8) is 0 Å². The van der Waals surface area contributed by atoms with Gasteiger partial charge in [0.2, 0.25) is 0 Å².